The molecule has 0 aliphatic heterocycles. The molecule has 0 atom stereocenters. The van der Waals surface area contributed by atoms with E-state index in [0.717, 1.165) is 0 Å². The fourth-order valence-electron chi connectivity index (χ4n) is 9.07. The smallest absolute Gasteiger partial charge is 0.0446 e. The maximum absolute atomic E-state index is 2.44. The zero-order valence-corrected chi connectivity index (χ0v) is 32.0. The van der Waals surface area contributed by atoms with Gasteiger partial charge in [0.15, 0.2) is 0 Å². The van der Waals surface area contributed by atoms with Crippen LogP contribution in [0.5, 0.6) is 0 Å². The Kier molecular flexibility index (Phi) is 8.12. The standard InChI is InChI=1S/C56H36S/c1-5-20-37(21-6-1)49-43-30-13-15-32-45(43)50(46-33-16-14-31-44(46)49)41-28-19-29-42(36-41)55-53(40-26-11-4-12-27-40)54-48-35-18-17-34-47(48)51(38-22-7-2-8-23-38)52(56(54)57-55)39-24-9-3-10-25-39/h1-36H. The van der Waals surface area contributed by atoms with Gasteiger partial charge in [0.25, 0.3) is 0 Å². The largest absolute Gasteiger partial charge is 0.134 e. The van der Waals surface area contributed by atoms with Gasteiger partial charge in [-0.15, -0.1) is 11.3 Å². The maximum atomic E-state index is 2.44. The Labute approximate surface area is 336 Å². The van der Waals surface area contributed by atoms with Crippen molar-refractivity contribution in [2.75, 3.05) is 0 Å². The summed E-state index contributed by atoms with van der Waals surface area (Å²) < 4.78 is 1.31. The van der Waals surface area contributed by atoms with Crippen molar-refractivity contribution in [2.24, 2.45) is 0 Å². The van der Waals surface area contributed by atoms with Gasteiger partial charge in [0, 0.05) is 26.1 Å². The van der Waals surface area contributed by atoms with Crippen molar-refractivity contribution >= 4 is 53.7 Å². The quantitative estimate of drug-likeness (QED) is 0.149. The van der Waals surface area contributed by atoms with Gasteiger partial charge in [0.05, 0.1) is 0 Å². The third kappa shape index (κ3) is 5.51. The van der Waals surface area contributed by atoms with Gasteiger partial charge >= 0.3 is 0 Å². The average molecular weight is 741 g/mol. The molecular weight excluding hydrogens is 705 g/mol. The zero-order chi connectivity index (χ0) is 37.7. The summed E-state index contributed by atoms with van der Waals surface area (Å²) in [5.74, 6) is 0. The van der Waals surface area contributed by atoms with E-state index in [-0.39, 0.29) is 0 Å². The second-order valence-corrected chi connectivity index (χ2v) is 15.7. The van der Waals surface area contributed by atoms with E-state index >= 15 is 0 Å². The first-order valence-electron chi connectivity index (χ1n) is 19.6. The molecule has 0 spiro atoms. The van der Waals surface area contributed by atoms with Crippen molar-refractivity contribution in [2.45, 2.75) is 0 Å². The van der Waals surface area contributed by atoms with Crippen molar-refractivity contribution < 1.29 is 0 Å². The molecule has 1 aromatic heterocycles. The SMILES string of the molecule is c1ccc(-c2c3ccccc3c(-c3cccc(-c4sc5c(-c6ccccc6)c(-c6ccccc6)c6ccccc6c5c4-c4ccccc4)c3)c3ccccc23)cc1. The molecule has 0 aliphatic rings. The molecule has 10 aromatic carbocycles. The highest BCUT2D eigenvalue weighted by Gasteiger charge is 2.25. The van der Waals surface area contributed by atoms with E-state index in [2.05, 4.69) is 218 Å². The number of thiophene rings is 1. The second kappa shape index (κ2) is 13.9. The van der Waals surface area contributed by atoms with E-state index in [1.54, 1.807) is 0 Å². The topological polar surface area (TPSA) is 0 Å². The summed E-state index contributed by atoms with van der Waals surface area (Å²) >= 11 is 1.93. The molecule has 0 saturated heterocycles. The molecule has 0 saturated carbocycles. The minimum Gasteiger partial charge on any atom is -0.134 e. The molecule has 0 amide bonds. The number of benzene rings is 10. The van der Waals surface area contributed by atoms with E-state index in [9.17, 15) is 0 Å². The average Bonchev–Trinajstić information content (AvgIpc) is 3.70. The van der Waals surface area contributed by atoms with Crippen LogP contribution in [-0.2, 0) is 0 Å². The van der Waals surface area contributed by atoms with E-state index in [4.69, 9.17) is 0 Å². The lowest BCUT2D eigenvalue weighted by Gasteiger charge is -2.18. The molecule has 0 N–H and O–H groups in total. The van der Waals surface area contributed by atoms with Crippen LogP contribution in [0.15, 0.2) is 218 Å². The minimum absolute atomic E-state index is 1.22. The summed E-state index contributed by atoms with van der Waals surface area (Å²) in [4.78, 5) is 1.28. The first-order valence-corrected chi connectivity index (χ1v) is 20.4. The zero-order valence-electron chi connectivity index (χ0n) is 31.2. The van der Waals surface area contributed by atoms with Crippen LogP contribution in [0.4, 0.5) is 0 Å². The molecule has 11 aromatic rings. The second-order valence-electron chi connectivity index (χ2n) is 14.7. The number of hydrogen-bond donors (Lipinski definition) is 0. The molecule has 266 valence electrons. The molecule has 0 fully saturated rings. The lowest BCUT2D eigenvalue weighted by atomic mass is 9.85. The fraction of sp³-hybridized carbons (Fsp3) is 0. The predicted octanol–water partition coefficient (Wildman–Crippen LogP) is 16.4. The Hall–Kier alpha value is -7.06. The van der Waals surface area contributed by atoms with Gasteiger partial charge in [-0.1, -0.05) is 212 Å². The Balaban J connectivity index is 1.25. The van der Waals surface area contributed by atoms with Crippen molar-refractivity contribution in [3.63, 3.8) is 0 Å². The van der Waals surface area contributed by atoms with Gasteiger partial charge < -0.3 is 0 Å². The molecule has 1 heterocycles. The summed E-state index contributed by atoms with van der Waals surface area (Å²) in [5.41, 5.74) is 13.8. The van der Waals surface area contributed by atoms with Crippen LogP contribution >= 0.6 is 11.3 Å². The molecule has 0 radical (unpaired) electrons. The number of hydrogen-bond acceptors (Lipinski definition) is 1. The first kappa shape index (κ1) is 33.3. The Morgan fingerprint density at radius 2 is 0.561 bits per heavy atom. The van der Waals surface area contributed by atoms with E-state index < -0.39 is 0 Å². The van der Waals surface area contributed by atoms with Gasteiger partial charge in [-0.3, -0.25) is 0 Å². The summed E-state index contributed by atoms with van der Waals surface area (Å²) in [6.45, 7) is 0. The van der Waals surface area contributed by atoms with Crippen LogP contribution in [0.2, 0.25) is 0 Å². The maximum Gasteiger partial charge on any atom is 0.0446 e. The molecule has 57 heavy (non-hydrogen) atoms. The Bertz CT molecular complexity index is 3190. The molecule has 0 unspecified atom stereocenters. The predicted molar refractivity (Wildman–Crippen MR) is 247 cm³/mol. The van der Waals surface area contributed by atoms with Gasteiger partial charge in [0.2, 0.25) is 0 Å². The van der Waals surface area contributed by atoms with Crippen molar-refractivity contribution in [1.82, 2.24) is 0 Å². The normalized spacial score (nSPS) is 11.5. The third-order valence-corrected chi connectivity index (χ3v) is 12.7. The molecule has 0 nitrogen and oxygen atoms in total. The summed E-state index contributed by atoms with van der Waals surface area (Å²) in [5, 5.41) is 8.90. The molecule has 0 aliphatic carbocycles. The highest BCUT2D eigenvalue weighted by Crippen LogP contribution is 2.54. The van der Waals surface area contributed by atoms with Crippen LogP contribution in [0.25, 0.3) is 108 Å². The van der Waals surface area contributed by atoms with Crippen molar-refractivity contribution in [1.29, 1.82) is 0 Å². The molecule has 1 heteroatoms. The van der Waals surface area contributed by atoms with Crippen LogP contribution < -0.4 is 0 Å². The van der Waals surface area contributed by atoms with E-state index in [0.29, 0.717) is 0 Å². The summed E-state index contributed by atoms with van der Waals surface area (Å²) in [6, 6.07) is 80.0. The lowest BCUT2D eigenvalue weighted by Crippen LogP contribution is -1.91. The molecular formula is C56H36S. The van der Waals surface area contributed by atoms with Crippen molar-refractivity contribution in [3.8, 4) is 66.1 Å². The van der Waals surface area contributed by atoms with Gasteiger partial charge in [-0.25, -0.2) is 0 Å². The Morgan fingerprint density at radius 1 is 0.228 bits per heavy atom. The van der Waals surface area contributed by atoms with Crippen LogP contribution in [0, 0.1) is 0 Å². The summed E-state index contributed by atoms with van der Waals surface area (Å²) in [6.07, 6.45) is 0. The highest BCUT2D eigenvalue weighted by atomic mass is 32.1. The van der Waals surface area contributed by atoms with Gasteiger partial charge in [-0.2, -0.15) is 0 Å². The molecule has 0 bridgehead atoms. The van der Waals surface area contributed by atoms with Crippen LogP contribution in [0.1, 0.15) is 0 Å². The molecule has 11 rings (SSSR count). The lowest BCUT2D eigenvalue weighted by molar-refractivity contribution is 1.63. The van der Waals surface area contributed by atoms with Gasteiger partial charge in [0.1, 0.15) is 0 Å². The van der Waals surface area contributed by atoms with E-state index in [1.165, 1.54) is 108 Å². The number of rotatable bonds is 6. The van der Waals surface area contributed by atoms with E-state index in [1.807, 2.05) is 11.3 Å². The third-order valence-electron chi connectivity index (χ3n) is 11.4. The first-order chi connectivity index (χ1) is 28.3. The van der Waals surface area contributed by atoms with Crippen LogP contribution in [0.3, 0.4) is 0 Å². The monoisotopic (exact) mass is 740 g/mol. The van der Waals surface area contributed by atoms with Gasteiger partial charge in [-0.05, 0) is 88.5 Å². The Morgan fingerprint density at radius 3 is 1.05 bits per heavy atom. The van der Waals surface area contributed by atoms with Crippen LogP contribution in [-0.4, -0.2) is 0 Å². The minimum atomic E-state index is 1.22. The fourth-order valence-corrected chi connectivity index (χ4v) is 10.5. The summed E-state index contributed by atoms with van der Waals surface area (Å²) in [7, 11) is 0. The number of fused-ring (bicyclic) bond motifs is 5. The highest BCUT2D eigenvalue weighted by molar-refractivity contribution is 7.24. The van der Waals surface area contributed by atoms with Crippen molar-refractivity contribution in [3.05, 3.63) is 218 Å².